The molecule has 0 saturated heterocycles. The summed E-state index contributed by atoms with van der Waals surface area (Å²) in [6.07, 6.45) is -20.2. The van der Waals surface area contributed by atoms with E-state index in [1.54, 1.807) is 6.07 Å². The Labute approximate surface area is 317 Å². The molecule has 0 radical (unpaired) electrons. The van der Waals surface area contributed by atoms with Crippen LogP contribution in [0, 0.1) is 0 Å². The molecule has 1 fully saturated rings. The lowest BCUT2D eigenvalue weighted by Crippen LogP contribution is -2.66. The molecular formula is C20H34NO29P7. The first-order valence-corrected chi connectivity index (χ1v) is 25.5. The van der Waals surface area contributed by atoms with E-state index in [0.29, 0.717) is 18.8 Å². The van der Waals surface area contributed by atoms with Gasteiger partial charge in [0.2, 0.25) is 0 Å². The molecule has 4 unspecified atom stereocenters. The maximum absolute atomic E-state index is 13.2. The predicted molar refractivity (Wildman–Crippen MR) is 181 cm³/mol. The molecule has 1 aliphatic carbocycles. The monoisotopic (exact) mass is 969 g/mol. The Hall–Kier alpha value is -0.960. The number of nitrogens with zero attached hydrogens (tertiary/aromatic N) is 1. The number of benzene rings is 1. The number of anilines is 1. The summed E-state index contributed by atoms with van der Waals surface area (Å²) in [5.74, 6) is 0. The Bertz CT molecular complexity index is 2080. The first-order valence-electron chi connectivity index (χ1n) is 14.8. The van der Waals surface area contributed by atoms with Crippen LogP contribution in [0.1, 0.15) is 19.4 Å². The van der Waals surface area contributed by atoms with Gasteiger partial charge < -0.3 is 68.0 Å². The van der Waals surface area contributed by atoms with Crippen molar-refractivity contribution in [1.29, 1.82) is 0 Å². The number of phosphoric ester groups is 7. The smallest absolute Gasteiger partial charge is 0.423 e. The molecule has 30 nitrogen and oxygen atoms in total. The van der Waals surface area contributed by atoms with E-state index >= 15 is 0 Å². The molecule has 1 aliphatic rings. The summed E-state index contributed by atoms with van der Waals surface area (Å²) in [6, 6.07) is 5.21. The highest BCUT2D eigenvalue weighted by molar-refractivity contribution is 7.61. The first-order chi connectivity index (χ1) is 25.6. The summed E-state index contributed by atoms with van der Waals surface area (Å²) in [6.45, 7) is 3.65. The molecule has 0 amide bonds. The largest absolute Gasteiger partial charge is 0.481 e. The van der Waals surface area contributed by atoms with Gasteiger partial charge in [-0.2, -0.15) is 4.31 Å². The van der Waals surface area contributed by atoms with Crippen molar-refractivity contribution in [2.45, 2.75) is 57.1 Å². The van der Waals surface area contributed by atoms with Crippen molar-refractivity contribution in [3.8, 4) is 0 Å². The number of fused-ring (bicyclic) bond motifs is 1. The minimum Gasteiger partial charge on any atom is -0.423 e. The Morgan fingerprint density at radius 2 is 0.930 bits per heavy atom. The molecule has 1 aromatic heterocycles. The Morgan fingerprint density at radius 3 is 1.28 bits per heavy atom. The van der Waals surface area contributed by atoms with Crippen LogP contribution in [0.5, 0.6) is 0 Å². The minimum absolute atomic E-state index is 0.0555. The van der Waals surface area contributed by atoms with E-state index in [-0.39, 0.29) is 16.5 Å². The summed E-state index contributed by atoms with van der Waals surface area (Å²) < 4.78 is 126. The molecule has 57 heavy (non-hydrogen) atoms. The Balaban J connectivity index is 2.13. The Morgan fingerprint density at radius 1 is 0.561 bits per heavy atom. The third kappa shape index (κ3) is 16.1. The minimum atomic E-state index is -6.59. The van der Waals surface area contributed by atoms with Gasteiger partial charge in [0.1, 0.15) is 42.2 Å². The highest BCUT2D eigenvalue weighted by atomic mass is 31.3. The SMILES string of the molecule is CCN(CC)c1ccc2c(COP(=O)(O)OP(=O)(O)OC3[C@@H](OP(=O)(O)O)[C@H](OP(=O)(O)O)C(OP(=O)(O)O)[C@H](OP(=O)(O)O)[C@H]3OP(=O)(O)O)cc(=O)oc2c1. The van der Waals surface area contributed by atoms with Crippen LogP contribution in [-0.2, 0) is 74.5 Å². The third-order valence-electron chi connectivity index (χ3n) is 7.02. The van der Waals surface area contributed by atoms with E-state index < -0.39 is 104 Å². The van der Waals surface area contributed by atoms with Gasteiger partial charge in [-0.05, 0) is 31.5 Å². The van der Waals surface area contributed by atoms with Crippen LogP contribution >= 0.6 is 54.8 Å². The average molecular weight is 969 g/mol. The van der Waals surface area contributed by atoms with Crippen molar-refractivity contribution >= 4 is 71.4 Å². The van der Waals surface area contributed by atoms with Crippen molar-refractivity contribution < 1.29 is 131 Å². The maximum Gasteiger partial charge on any atom is 0.481 e. The van der Waals surface area contributed by atoms with Crippen LogP contribution in [0.3, 0.4) is 0 Å². The highest BCUT2D eigenvalue weighted by Gasteiger charge is 2.63. The van der Waals surface area contributed by atoms with Gasteiger partial charge in [-0.15, -0.1) is 0 Å². The molecule has 1 heterocycles. The van der Waals surface area contributed by atoms with Gasteiger partial charge in [-0.3, -0.25) is 31.7 Å². The molecule has 8 atom stereocenters. The van der Waals surface area contributed by atoms with Crippen molar-refractivity contribution in [3.63, 3.8) is 0 Å². The standard InChI is InChI=1S/C20H34NO29P7/c1-3-21(4-2)11-5-6-12-10(7-14(22)43-13(12)8-11)9-42-56(38,39)50-57(40,41)49-20-18(47-54(32,33)34)16(45-52(26,27)28)15(44-51(23,24)25)17(46-53(29,30)31)19(20)48-55(35,36)37/h5-8,15-20H,3-4,9H2,1-2H3,(H,38,39)(H,40,41)(H2,23,24,25)(H2,26,27,28)(H2,29,30,31)(H2,32,33,34)(H2,35,36,37)/t15?,16-,17+,18+,19-,20?. The molecule has 3 rings (SSSR count). The third-order valence-corrected chi connectivity index (χ3v) is 12.2. The molecule has 0 spiro atoms. The second-order valence-corrected chi connectivity index (χ2v) is 20.1. The molecule has 328 valence electrons. The highest BCUT2D eigenvalue weighted by Crippen LogP contribution is 2.64. The van der Waals surface area contributed by atoms with E-state index in [4.69, 9.17) is 8.94 Å². The lowest BCUT2D eigenvalue weighted by molar-refractivity contribution is -0.201. The second kappa shape index (κ2) is 18.6. The average Bonchev–Trinajstić information content (AvgIpc) is 2.98. The number of rotatable bonds is 20. The summed E-state index contributed by atoms with van der Waals surface area (Å²) in [7, 11) is -43.8. The van der Waals surface area contributed by atoms with E-state index in [9.17, 15) is 95.5 Å². The van der Waals surface area contributed by atoms with Crippen LogP contribution < -0.4 is 10.5 Å². The summed E-state index contributed by atoms with van der Waals surface area (Å²) in [5.41, 5.74) is -0.663. The molecular weight excluding hydrogens is 935 g/mol. The van der Waals surface area contributed by atoms with Crippen molar-refractivity contribution in [1.82, 2.24) is 0 Å². The summed E-state index contributed by atoms with van der Waals surface area (Å²) in [4.78, 5) is 130. The Kier molecular flexibility index (Phi) is 16.4. The fraction of sp³-hybridized carbons (Fsp3) is 0.550. The van der Waals surface area contributed by atoms with Gasteiger partial charge in [0.25, 0.3) is 0 Å². The van der Waals surface area contributed by atoms with Gasteiger partial charge >= 0.3 is 60.4 Å². The maximum atomic E-state index is 13.2. The first kappa shape index (κ1) is 50.4. The lowest BCUT2D eigenvalue weighted by Gasteiger charge is -2.48. The molecule has 1 aromatic carbocycles. The zero-order valence-electron chi connectivity index (χ0n) is 28.3. The van der Waals surface area contributed by atoms with E-state index in [1.807, 2.05) is 18.7 Å². The zero-order valence-corrected chi connectivity index (χ0v) is 34.5. The van der Waals surface area contributed by atoms with Crippen LogP contribution in [0.2, 0.25) is 0 Å². The van der Waals surface area contributed by atoms with Gasteiger partial charge in [0.15, 0.2) is 0 Å². The predicted octanol–water partition coefficient (Wildman–Crippen LogP) is 0.161. The van der Waals surface area contributed by atoms with Crippen LogP contribution in [0.4, 0.5) is 5.69 Å². The van der Waals surface area contributed by atoms with Gasteiger partial charge in [-0.1, -0.05) is 0 Å². The van der Waals surface area contributed by atoms with Gasteiger partial charge in [0.05, 0.1) is 6.61 Å². The second-order valence-electron chi connectivity index (χ2n) is 11.1. The molecule has 1 saturated carbocycles. The topological polar surface area (TPSA) is 470 Å². The van der Waals surface area contributed by atoms with Crippen LogP contribution in [0.15, 0.2) is 33.5 Å². The van der Waals surface area contributed by atoms with Crippen molar-refractivity contribution in [3.05, 3.63) is 40.2 Å². The van der Waals surface area contributed by atoms with Crippen molar-refractivity contribution in [2.24, 2.45) is 0 Å². The molecule has 2 aromatic rings. The molecule has 37 heteroatoms. The fourth-order valence-corrected chi connectivity index (χ4v) is 10.3. The molecule has 12 N–H and O–H groups in total. The van der Waals surface area contributed by atoms with Crippen LogP contribution in [0.25, 0.3) is 11.0 Å². The van der Waals surface area contributed by atoms with Gasteiger partial charge in [-0.25, -0.2) is 36.7 Å². The fourth-order valence-electron chi connectivity index (χ4n) is 5.24. The lowest BCUT2D eigenvalue weighted by atomic mass is 9.85. The zero-order chi connectivity index (χ0) is 43.7. The van der Waals surface area contributed by atoms with E-state index in [2.05, 4.69) is 31.5 Å². The molecule has 0 aliphatic heterocycles. The van der Waals surface area contributed by atoms with Crippen molar-refractivity contribution in [2.75, 3.05) is 18.0 Å². The summed E-state index contributed by atoms with van der Waals surface area (Å²) >= 11 is 0. The van der Waals surface area contributed by atoms with Crippen LogP contribution in [-0.4, -0.2) is 108 Å². The number of hydrogen-bond acceptors (Lipinski definition) is 18. The van der Waals surface area contributed by atoms with E-state index in [0.717, 1.165) is 6.07 Å². The van der Waals surface area contributed by atoms with Gasteiger partial charge in [0, 0.05) is 36.3 Å². The van der Waals surface area contributed by atoms with E-state index in [1.165, 1.54) is 12.1 Å². The number of phosphoric acid groups is 7. The molecule has 0 bridgehead atoms. The quantitative estimate of drug-likeness (QED) is 0.0621. The number of hydrogen-bond donors (Lipinski definition) is 12. The normalized spacial score (nSPS) is 24.9. The summed E-state index contributed by atoms with van der Waals surface area (Å²) in [5, 5.41) is 0.102.